The number of ether oxygens (including phenoxy) is 1. The van der Waals surface area contributed by atoms with E-state index < -0.39 is 17.6 Å². The van der Waals surface area contributed by atoms with E-state index in [1.54, 1.807) is 0 Å². The summed E-state index contributed by atoms with van der Waals surface area (Å²) in [5.74, 6) is -0.459. The van der Waals surface area contributed by atoms with Gasteiger partial charge in [0.1, 0.15) is 5.75 Å². The Morgan fingerprint density at radius 2 is 1.67 bits per heavy atom. The first-order valence-corrected chi connectivity index (χ1v) is 7.33. The van der Waals surface area contributed by atoms with Crippen molar-refractivity contribution in [1.29, 1.82) is 0 Å². The Balaban J connectivity index is 2.05. The molecule has 0 atom stereocenters. The third-order valence-electron chi connectivity index (χ3n) is 4.14. The van der Waals surface area contributed by atoms with Crippen LogP contribution in [-0.4, -0.2) is 12.3 Å². The lowest BCUT2D eigenvalue weighted by Gasteiger charge is -2.38. The second-order valence-electron chi connectivity index (χ2n) is 6.16. The highest BCUT2D eigenvalue weighted by molar-refractivity contribution is 5.32. The van der Waals surface area contributed by atoms with Gasteiger partial charge in [-0.2, -0.15) is 13.2 Å². The van der Waals surface area contributed by atoms with Crippen LogP contribution in [-0.2, 0) is 5.54 Å². The monoisotopic (exact) mass is 301 g/mol. The van der Waals surface area contributed by atoms with Crippen molar-refractivity contribution in [2.24, 2.45) is 11.7 Å². The largest absolute Gasteiger partial charge is 0.491 e. The van der Waals surface area contributed by atoms with Crippen LogP contribution < -0.4 is 10.5 Å². The molecule has 1 aliphatic rings. The molecular formula is C16H22F3NO. The average molecular weight is 301 g/mol. The van der Waals surface area contributed by atoms with Crippen LogP contribution in [0.1, 0.15) is 45.1 Å². The Labute approximate surface area is 123 Å². The van der Waals surface area contributed by atoms with E-state index in [1.807, 2.05) is 38.1 Å². The summed E-state index contributed by atoms with van der Waals surface area (Å²) in [7, 11) is 0. The summed E-state index contributed by atoms with van der Waals surface area (Å²) in [5.41, 5.74) is 6.56. The minimum Gasteiger partial charge on any atom is -0.491 e. The van der Waals surface area contributed by atoms with Gasteiger partial charge in [0.05, 0.1) is 12.0 Å². The van der Waals surface area contributed by atoms with Crippen molar-refractivity contribution in [3.05, 3.63) is 29.8 Å². The molecule has 0 amide bonds. The van der Waals surface area contributed by atoms with E-state index in [0.717, 1.165) is 11.3 Å². The number of rotatable bonds is 3. The lowest BCUT2D eigenvalue weighted by Crippen LogP contribution is -2.42. The first-order chi connectivity index (χ1) is 9.71. The second-order valence-corrected chi connectivity index (χ2v) is 6.16. The summed E-state index contributed by atoms with van der Waals surface area (Å²) < 4.78 is 43.7. The Bertz CT molecular complexity index is 459. The van der Waals surface area contributed by atoms with Crippen LogP contribution in [0.4, 0.5) is 13.2 Å². The highest BCUT2D eigenvalue weighted by Crippen LogP contribution is 2.44. The molecule has 0 heterocycles. The van der Waals surface area contributed by atoms with Gasteiger partial charge in [0.25, 0.3) is 0 Å². The van der Waals surface area contributed by atoms with Gasteiger partial charge in [-0.05, 0) is 57.2 Å². The van der Waals surface area contributed by atoms with Crippen LogP contribution in [0.2, 0.25) is 0 Å². The van der Waals surface area contributed by atoms with Gasteiger partial charge < -0.3 is 10.5 Å². The lowest BCUT2D eigenvalue weighted by atomic mass is 9.73. The zero-order valence-electron chi connectivity index (χ0n) is 12.4. The molecule has 0 aromatic heterocycles. The zero-order chi connectivity index (χ0) is 15.7. The summed E-state index contributed by atoms with van der Waals surface area (Å²) in [4.78, 5) is 0. The maximum Gasteiger partial charge on any atom is 0.391 e. The number of hydrogen-bond acceptors (Lipinski definition) is 2. The first-order valence-electron chi connectivity index (χ1n) is 7.33. The third-order valence-corrected chi connectivity index (χ3v) is 4.14. The molecule has 2 rings (SSSR count). The highest BCUT2D eigenvalue weighted by Gasteiger charge is 2.44. The van der Waals surface area contributed by atoms with Crippen molar-refractivity contribution >= 4 is 0 Å². The van der Waals surface area contributed by atoms with Gasteiger partial charge in [-0.25, -0.2) is 0 Å². The maximum absolute atomic E-state index is 12.7. The minimum atomic E-state index is -4.10. The van der Waals surface area contributed by atoms with Gasteiger partial charge in [-0.3, -0.25) is 0 Å². The molecule has 1 aliphatic carbocycles. The van der Waals surface area contributed by atoms with Gasteiger partial charge in [-0.1, -0.05) is 12.1 Å². The van der Waals surface area contributed by atoms with E-state index in [9.17, 15) is 13.2 Å². The highest BCUT2D eigenvalue weighted by atomic mass is 19.4. The van der Waals surface area contributed by atoms with E-state index >= 15 is 0 Å². The van der Waals surface area contributed by atoms with Crippen molar-refractivity contribution in [3.63, 3.8) is 0 Å². The molecule has 0 unspecified atom stereocenters. The van der Waals surface area contributed by atoms with Crippen LogP contribution >= 0.6 is 0 Å². The standard InChI is InChI=1S/C16H22F3NO/c1-11(2)21-14-5-3-12(4-6-14)15(20)9-7-13(8-10-15)16(17,18)19/h3-6,11,13H,7-10,20H2,1-2H3. The molecule has 1 fully saturated rings. The predicted octanol–water partition coefficient (Wildman–Crippen LogP) is 4.38. The topological polar surface area (TPSA) is 35.2 Å². The molecule has 1 aromatic rings. The number of alkyl halides is 3. The summed E-state index contributed by atoms with van der Waals surface area (Å²) >= 11 is 0. The molecule has 0 radical (unpaired) electrons. The number of hydrogen-bond donors (Lipinski definition) is 1. The van der Waals surface area contributed by atoms with Gasteiger partial charge in [0.15, 0.2) is 0 Å². The van der Waals surface area contributed by atoms with E-state index in [1.165, 1.54) is 0 Å². The van der Waals surface area contributed by atoms with E-state index in [4.69, 9.17) is 10.5 Å². The van der Waals surface area contributed by atoms with Crippen molar-refractivity contribution in [2.75, 3.05) is 0 Å². The SMILES string of the molecule is CC(C)Oc1ccc(C2(N)CCC(C(F)(F)F)CC2)cc1. The fraction of sp³-hybridized carbons (Fsp3) is 0.625. The van der Waals surface area contributed by atoms with Gasteiger partial charge >= 0.3 is 6.18 Å². The normalized spacial score (nSPS) is 26.9. The molecule has 0 saturated heterocycles. The summed E-state index contributed by atoms with van der Waals surface area (Å²) in [5, 5.41) is 0. The van der Waals surface area contributed by atoms with Crippen molar-refractivity contribution in [3.8, 4) is 5.75 Å². The van der Waals surface area contributed by atoms with E-state index in [0.29, 0.717) is 12.8 Å². The number of nitrogens with two attached hydrogens (primary N) is 1. The molecule has 118 valence electrons. The second kappa shape index (κ2) is 5.87. The first kappa shape index (κ1) is 16.1. The third kappa shape index (κ3) is 3.90. The summed E-state index contributed by atoms with van der Waals surface area (Å²) in [6.07, 6.45) is -3.08. The summed E-state index contributed by atoms with van der Waals surface area (Å²) in [6.45, 7) is 3.88. The lowest BCUT2D eigenvalue weighted by molar-refractivity contribution is -0.184. The predicted molar refractivity (Wildman–Crippen MR) is 76.1 cm³/mol. The Hall–Kier alpha value is -1.23. The van der Waals surface area contributed by atoms with E-state index in [2.05, 4.69) is 0 Å². The molecular weight excluding hydrogens is 279 g/mol. The zero-order valence-corrected chi connectivity index (χ0v) is 12.4. The average Bonchev–Trinajstić information content (AvgIpc) is 2.38. The molecule has 2 nitrogen and oxygen atoms in total. The molecule has 0 aliphatic heterocycles. The van der Waals surface area contributed by atoms with Crippen LogP contribution in [0.5, 0.6) is 5.75 Å². The Kier molecular flexibility index (Phi) is 4.51. The summed E-state index contributed by atoms with van der Waals surface area (Å²) in [6, 6.07) is 7.40. The molecule has 1 saturated carbocycles. The quantitative estimate of drug-likeness (QED) is 0.899. The Morgan fingerprint density at radius 1 is 1.14 bits per heavy atom. The van der Waals surface area contributed by atoms with Gasteiger partial charge in [-0.15, -0.1) is 0 Å². The minimum absolute atomic E-state index is 0.0879. The molecule has 21 heavy (non-hydrogen) atoms. The fourth-order valence-corrected chi connectivity index (χ4v) is 2.89. The molecule has 0 bridgehead atoms. The van der Waals surface area contributed by atoms with Crippen LogP contribution in [0, 0.1) is 5.92 Å². The fourth-order valence-electron chi connectivity index (χ4n) is 2.89. The van der Waals surface area contributed by atoms with Gasteiger partial charge in [0, 0.05) is 5.54 Å². The molecule has 0 spiro atoms. The molecule has 2 N–H and O–H groups in total. The van der Waals surface area contributed by atoms with Crippen LogP contribution in [0.15, 0.2) is 24.3 Å². The van der Waals surface area contributed by atoms with Crippen molar-refractivity contribution < 1.29 is 17.9 Å². The number of benzene rings is 1. The van der Waals surface area contributed by atoms with E-state index in [-0.39, 0.29) is 18.9 Å². The van der Waals surface area contributed by atoms with Crippen LogP contribution in [0.25, 0.3) is 0 Å². The smallest absolute Gasteiger partial charge is 0.391 e. The van der Waals surface area contributed by atoms with Crippen molar-refractivity contribution in [2.45, 2.75) is 57.3 Å². The van der Waals surface area contributed by atoms with Crippen molar-refractivity contribution in [1.82, 2.24) is 0 Å². The number of halogens is 3. The Morgan fingerprint density at radius 3 is 2.10 bits per heavy atom. The van der Waals surface area contributed by atoms with Gasteiger partial charge in [0.2, 0.25) is 0 Å². The van der Waals surface area contributed by atoms with Crippen LogP contribution in [0.3, 0.4) is 0 Å². The molecule has 5 heteroatoms. The molecule has 1 aromatic carbocycles. The maximum atomic E-state index is 12.7.